The number of esters is 1. The third-order valence-corrected chi connectivity index (χ3v) is 4.28. The molecule has 2 bridgehead atoms. The van der Waals surface area contributed by atoms with Crippen molar-refractivity contribution >= 4 is 5.97 Å². The van der Waals surface area contributed by atoms with Gasteiger partial charge < -0.3 is 4.74 Å². The second-order valence-corrected chi connectivity index (χ2v) is 5.23. The fraction of sp³-hybridized carbons (Fsp3) is 0.769. The molecule has 0 aliphatic heterocycles. The fourth-order valence-corrected chi connectivity index (χ4v) is 3.27. The molecule has 0 aromatic heterocycles. The average molecular weight is 208 g/mol. The van der Waals surface area contributed by atoms with Crippen molar-refractivity contribution in [3.8, 4) is 0 Å². The Bertz CT molecular complexity index is 295. The molecule has 2 rings (SSSR count). The molecule has 0 N–H and O–H groups in total. The predicted octanol–water partition coefficient (Wildman–Crippen LogP) is 3.07. The lowest BCUT2D eigenvalue weighted by atomic mass is 9.79. The van der Waals surface area contributed by atoms with Crippen LogP contribution in [0.15, 0.2) is 12.2 Å². The summed E-state index contributed by atoms with van der Waals surface area (Å²) in [7, 11) is 0. The second kappa shape index (κ2) is 3.66. The molecule has 2 fully saturated rings. The lowest BCUT2D eigenvalue weighted by molar-refractivity contribution is -0.150. The van der Waals surface area contributed by atoms with Crippen LogP contribution in [0.25, 0.3) is 0 Å². The molecule has 2 nitrogen and oxygen atoms in total. The number of hydrogen-bond acceptors (Lipinski definition) is 2. The minimum atomic E-state index is -0.208. The van der Waals surface area contributed by atoms with Gasteiger partial charge >= 0.3 is 5.97 Å². The van der Waals surface area contributed by atoms with Gasteiger partial charge in [0.2, 0.25) is 0 Å². The highest BCUT2D eigenvalue weighted by molar-refractivity contribution is 5.87. The molecule has 2 saturated carbocycles. The van der Waals surface area contributed by atoms with Gasteiger partial charge in [0.25, 0.3) is 0 Å². The minimum absolute atomic E-state index is 0.158. The molecule has 3 unspecified atom stereocenters. The van der Waals surface area contributed by atoms with Crippen LogP contribution in [-0.4, -0.2) is 12.1 Å². The first-order chi connectivity index (χ1) is 7.07. The maximum absolute atomic E-state index is 11.5. The highest BCUT2D eigenvalue weighted by atomic mass is 16.5. The monoisotopic (exact) mass is 208 g/mol. The topological polar surface area (TPSA) is 26.3 Å². The molecular formula is C13H20O2. The quantitative estimate of drug-likeness (QED) is 0.526. The van der Waals surface area contributed by atoms with E-state index in [1.54, 1.807) is 6.92 Å². The van der Waals surface area contributed by atoms with E-state index in [0.29, 0.717) is 11.0 Å². The Balaban J connectivity index is 2.05. The van der Waals surface area contributed by atoms with E-state index in [2.05, 4.69) is 13.5 Å². The summed E-state index contributed by atoms with van der Waals surface area (Å²) in [6, 6.07) is 0. The standard InChI is InChI=1S/C13H20O2/c1-4-13-6-5-10(8-13)7-11(13)15-12(14)9(2)3/h10-11H,2,4-8H2,1,3H3. The summed E-state index contributed by atoms with van der Waals surface area (Å²) in [6.07, 6.45) is 6.20. The van der Waals surface area contributed by atoms with Crippen molar-refractivity contribution in [2.75, 3.05) is 0 Å². The van der Waals surface area contributed by atoms with Crippen LogP contribution in [0, 0.1) is 11.3 Å². The highest BCUT2D eigenvalue weighted by Crippen LogP contribution is 2.57. The molecule has 0 spiro atoms. The van der Waals surface area contributed by atoms with E-state index in [9.17, 15) is 4.79 Å². The summed E-state index contributed by atoms with van der Waals surface area (Å²) >= 11 is 0. The average Bonchev–Trinajstić information content (AvgIpc) is 2.75. The zero-order valence-electron chi connectivity index (χ0n) is 9.71. The zero-order chi connectivity index (χ0) is 11.1. The van der Waals surface area contributed by atoms with Gasteiger partial charge in [-0.25, -0.2) is 4.79 Å². The molecule has 0 amide bonds. The predicted molar refractivity (Wildman–Crippen MR) is 59.4 cm³/mol. The van der Waals surface area contributed by atoms with Crippen LogP contribution in [0.2, 0.25) is 0 Å². The first kappa shape index (κ1) is 10.7. The SMILES string of the molecule is C=C(C)C(=O)OC1CC2CCC1(CC)C2. The lowest BCUT2D eigenvalue weighted by Gasteiger charge is -2.33. The van der Waals surface area contributed by atoms with Crippen molar-refractivity contribution in [1.29, 1.82) is 0 Å². The van der Waals surface area contributed by atoms with Crippen LogP contribution in [0.3, 0.4) is 0 Å². The Morgan fingerprint density at radius 3 is 2.87 bits per heavy atom. The Kier molecular flexibility index (Phi) is 2.61. The Morgan fingerprint density at radius 1 is 1.60 bits per heavy atom. The Labute approximate surface area is 91.7 Å². The molecular weight excluding hydrogens is 188 g/mol. The Hall–Kier alpha value is -0.790. The molecule has 84 valence electrons. The van der Waals surface area contributed by atoms with Crippen molar-refractivity contribution in [3.63, 3.8) is 0 Å². The van der Waals surface area contributed by atoms with Crippen molar-refractivity contribution in [2.45, 2.75) is 52.1 Å². The second-order valence-electron chi connectivity index (χ2n) is 5.23. The summed E-state index contributed by atoms with van der Waals surface area (Å²) in [6.45, 7) is 7.57. The number of hydrogen-bond donors (Lipinski definition) is 0. The van der Waals surface area contributed by atoms with E-state index in [-0.39, 0.29) is 12.1 Å². The Morgan fingerprint density at radius 2 is 2.33 bits per heavy atom. The lowest BCUT2D eigenvalue weighted by Crippen LogP contribution is -2.34. The molecule has 15 heavy (non-hydrogen) atoms. The maximum Gasteiger partial charge on any atom is 0.333 e. The van der Waals surface area contributed by atoms with E-state index >= 15 is 0 Å². The van der Waals surface area contributed by atoms with E-state index in [0.717, 1.165) is 18.8 Å². The van der Waals surface area contributed by atoms with Gasteiger partial charge in [-0.3, -0.25) is 0 Å². The number of carbonyl (C=O) groups excluding carboxylic acids is 1. The first-order valence-corrected chi connectivity index (χ1v) is 5.94. The van der Waals surface area contributed by atoms with Gasteiger partial charge in [-0.1, -0.05) is 13.5 Å². The van der Waals surface area contributed by atoms with Crippen LogP contribution in [0.5, 0.6) is 0 Å². The smallest absolute Gasteiger partial charge is 0.333 e. The van der Waals surface area contributed by atoms with Gasteiger partial charge in [-0.05, 0) is 44.9 Å². The normalized spacial score (nSPS) is 38.0. The van der Waals surface area contributed by atoms with E-state index in [4.69, 9.17) is 4.74 Å². The van der Waals surface area contributed by atoms with E-state index in [1.165, 1.54) is 19.3 Å². The van der Waals surface area contributed by atoms with Crippen LogP contribution < -0.4 is 0 Å². The van der Waals surface area contributed by atoms with Crippen molar-refractivity contribution in [3.05, 3.63) is 12.2 Å². The number of ether oxygens (including phenoxy) is 1. The first-order valence-electron chi connectivity index (χ1n) is 5.94. The van der Waals surface area contributed by atoms with Gasteiger partial charge in [-0.2, -0.15) is 0 Å². The largest absolute Gasteiger partial charge is 0.458 e. The molecule has 2 heteroatoms. The summed E-state index contributed by atoms with van der Waals surface area (Å²) in [5.41, 5.74) is 0.819. The van der Waals surface area contributed by atoms with Gasteiger partial charge in [0, 0.05) is 11.0 Å². The van der Waals surface area contributed by atoms with Crippen molar-refractivity contribution < 1.29 is 9.53 Å². The maximum atomic E-state index is 11.5. The van der Waals surface area contributed by atoms with Crippen LogP contribution in [0.1, 0.15) is 46.0 Å². The molecule has 3 atom stereocenters. The van der Waals surface area contributed by atoms with Gasteiger partial charge in [0.1, 0.15) is 6.10 Å². The van der Waals surface area contributed by atoms with Crippen LogP contribution in [0.4, 0.5) is 0 Å². The van der Waals surface area contributed by atoms with Crippen molar-refractivity contribution in [1.82, 2.24) is 0 Å². The molecule has 0 saturated heterocycles. The van der Waals surface area contributed by atoms with E-state index in [1.807, 2.05) is 0 Å². The number of fused-ring (bicyclic) bond motifs is 2. The third-order valence-electron chi connectivity index (χ3n) is 4.28. The van der Waals surface area contributed by atoms with Crippen LogP contribution in [-0.2, 0) is 9.53 Å². The third kappa shape index (κ3) is 1.70. The highest BCUT2D eigenvalue weighted by Gasteiger charge is 2.52. The van der Waals surface area contributed by atoms with Crippen LogP contribution >= 0.6 is 0 Å². The number of carbonyl (C=O) groups is 1. The van der Waals surface area contributed by atoms with E-state index < -0.39 is 0 Å². The summed E-state index contributed by atoms with van der Waals surface area (Å²) in [5, 5.41) is 0. The molecule has 0 heterocycles. The van der Waals surface area contributed by atoms with Gasteiger partial charge in [0.05, 0.1) is 0 Å². The zero-order valence-corrected chi connectivity index (χ0v) is 9.71. The van der Waals surface area contributed by atoms with Gasteiger partial charge in [0.15, 0.2) is 0 Å². The molecule has 0 aromatic rings. The molecule has 0 radical (unpaired) electrons. The minimum Gasteiger partial charge on any atom is -0.458 e. The summed E-state index contributed by atoms with van der Waals surface area (Å²) in [4.78, 5) is 11.5. The number of rotatable bonds is 3. The van der Waals surface area contributed by atoms with Crippen molar-refractivity contribution in [2.24, 2.45) is 11.3 Å². The summed E-state index contributed by atoms with van der Waals surface area (Å²) < 4.78 is 5.56. The molecule has 2 aliphatic carbocycles. The van der Waals surface area contributed by atoms with Gasteiger partial charge in [-0.15, -0.1) is 0 Å². The molecule has 2 aliphatic rings. The summed E-state index contributed by atoms with van der Waals surface area (Å²) in [5.74, 6) is 0.591. The fourth-order valence-electron chi connectivity index (χ4n) is 3.27. The molecule has 0 aromatic carbocycles.